The maximum Gasteiger partial charge on any atom is 0.155 e. The molecule has 0 saturated carbocycles. The molecule has 1 heterocycles. The lowest BCUT2D eigenvalue weighted by Gasteiger charge is -2.04. The van der Waals surface area contributed by atoms with Crippen molar-refractivity contribution in [3.8, 4) is 0 Å². The van der Waals surface area contributed by atoms with Crippen molar-refractivity contribution >= 4 is 21.7 Å². The van der Waals surface area contributed by atoms with Crippen LogP contribution in [0, 0.1) is 0 Å². The van der Waals surface area contributed by atoms with Gasteiger partial charge in [-0.1, -0.05) is 5.57 Å². The van der Waals surface area contributed by atoms with Crippen molar-refractivity contribution < 1.29 is 4.79 Å². The highest BCUT2D eigenvalue weighted by molar-refractivity contribution is 9.10. The molecule has 0 bridgehead atoms. The van der Waals surface area contributed by atoms with E-state index in [-0.39, 0.29) is 5.78 Å². The van der Waals surface area contributed by atoms with E-state index in [1.807, 2.05) is 12.3 Å². The highest BCUT2D eigenvalue weighted by atomic mass is 79.9. The van der Waals surface area contributed by atoms with Crippen LogP contribution >= 0.6 is 15.9 Å². The van der Waals surface area contributed by atoms with Crippen molar-refractivity contribution in [3.63, 3.8) is 0 Å². The van der Waals surface area contributed by atoms with Gasteiger partial charge in [-0.05, 0) is 59.3 Å². The fraction of sp³-hybridized carbons (Fsp3) is 0.385. The standard InChI is InChI=1S/C13H14BrNO/c14-12-6-11(8-15-9-12)5-10-3-1-2-4-13(16)7-10/h6-9H,1-5H2. The average molecular weight is 280 g/mol. The van der Waals surface area contributed by atoms with Crippen molar-refractivity contribution in [1.82, 2.24) is 4.98 Å². The maximum atomic E-state index is 11.4. The van der Waals surface area contributed by atoms with E-state index in [9.17, 15) is 4.79 Å². The Kier molecular flexibility index (Phi) is 3.88. The molecule has 0 N–H and O–H groups in total. The molecule has 0 radical (unpaired) electrons. The molecule has 0 aromatic carbocycles. The molecule has 0 aliphatic heterocycles. The van der Waals surface area contributed by atoms with Crippen LogP contribution in [0.2, 0.25) is 0 Å². The number of rotatable bonds is 2. The summed E-state index contributed by atoms with van der Waals surface area (Å²) in [7, 11) is 0. The normalized spacial score (nSPS) is 16.8. The molecule has 1 aromatic rings. The molecular formula is C13H14BrNO. The van der Waals surface area contributed by atoms with Gasteiger partial charge in [0.15, 0.2) is 5.78 Å². The number of allylic oxidation sites excluding steroid dienone is 2. The molecular weight excluding hydrogens is 266 g/mol. The summed E-state index contributed by atoms with van der Waals surface area (Å²) < 4.78 is 0.991. The van der Waals surface area contributed by atoms with Gasteiger partial charge >= 0.3 is 0 Å². The van der Waals surface area contributed by atoms with Crippen LogP contribution in [0.5, 0.6) is 0 Å². The van der Waals surface area contributed by atoms with Crippen LogP contribution < -0.4 is 0 Å². The van der Waals surface area contributed by atoms with Gasteiger partial charge < -0.3 is 0 Å². The van der Waals surface area contributed by atoms with E-state index in [1.165, 1.54) is 5.57 Å². The summed E-state index contributed by atoms with van der Waals surface area (Å²) in [6.07, 6.45) is 10.2. The Balaban J connectivity index is 2.11. The second-order valence-corrected chi connectivity index (χ2v) is 5.08. The Morgan fingerprint density at radius 3 is 2.88 bits per heavy atom. The smallest absolute Gasteiger partial charge is 0.155 e. The van der Waals surface area contributed by atoms with Gasteiger partial charge in [-0.25, -0.2) is 0 Å². The van der Waals surface area contributed by atoms with Gasteiger partial charge in [0.1, 0.15) is 0 Å². The lowest BCUT2D eigenvalue weighted by Crippen LogP contribution is -1.94. The fourth-order valence-corrected chi connectivity index (χ4v) is 2.39. The van der Waals surface area contributed by atoms with E-state index in [4.69, 9.17) is 0 Å². The summed E-state index contributed by atoms with van der Waals surface area (Å²) in [5.41, 5.74) is 2.40. The highest BCUT2D eigenvalue weighted by Crippen LogP contribution is 2.20. The Bertz CT molecular complexity index is 426. The van der Waals surface area contributed by atoms with E-state index >= 15 is 0 Å². The summed E-state index contributed by atoms with van der Waals surface area (Å²) in [5, 5.41) is 0. The summed E-state index contributed by atoms with van der Waals surface area (Å²) in [5.74, 6) is 0.274. The van der Waals surface area contributed by atoms with Crippen molar-refractivity contribution in [3.05, 3.63) is 40.1 Å². The SMILES string of the molecule is O=C1C=C(Cc2cncc(Br)c2)CCCC1. The van der Waals surface area contributed by atoms with Gasteiger partial charge in [0.2, 0.25) is 0 Å². The largest absolute Gasteiger partial charge is 0.295 e. The number of ketones is 1. The first kappa shape index (κ1) is 11.5. The third-order valence-electron chi connectivity index (χ3n) is 2.73. The zero-order valence-corrected chi connectivity index (χ0v) is 10.7. The first-order valence-electron chi connectivity index (χ1n) is 5.56. The number of pyridine rings is 1. The Morgan fingerprint density at radius 1 is 1.25 bits per heavy atom. The van der Waals surface area contributed by atoms with Crippen molar-refractivity contribution in [2.75, 3.05) is 0 Å². The van der Waals surface area contributed by atoms with Crippen molar-refractivity contribution in [2.45, 2.75) is 32.1 Å². The first-order valence-corrected chi connectivity index (χ1v) is 6.35. The molecule has 0 saturated heterocycles. The van der Waals surface area contributed by atoms with Crippen molar-refractivity contribution in [2.24, 2.45) is 0 Å². The van der Waals surface area contributed by atoms with Crippen LogP contribution in [0.1, 0.15) is 31.2 Å². The second kappa shape index (κ2) is 5.39. The van der Waals surface area contributed by atoms with Crippen LogP contribution in [0.15, 0.2) is 34.6 Å². The quantitative estimate of drug-likeness (QED) is 0.830. The molecule has 0 atom stereocenters. The molecule has 0 amide bonds. The summed E-state index contributed by atoms with van der Waals surface area (Å²) in [6.45, 7) is 0. The third-order valence-corrected chi connectivity index (χ3v) is 3.16. The van der Waals surface area contributed by atoms with Gasteiger partial charge in [-0.3, -0.25) is 9.78 Å². The second-order valence-electron chi connectivity index (χ2n) is 4.16. The fourth-order valence-electron chi connectivity index (χ4n) is 1.98. The third kappa shape index (κ3) is 3.27. The van der Waals surface area contributed by atoms with Gasteiger partial charge in [0.05, 0.1) is 0 Å². The van der Waals surface area contributed by atoms with Crippen LogP contribution in [0.3, 0.4) is 0 Å². The molecule has 2 nitrogen and oxygen atoms in total. The molecule has 1 aliphatic rings. The topological polar surface area (TPSA) is 30.0 Å². The number of aromatic nitrogens is 1. The van der Waals surface area contributed by atoms with Crippen LogP contribution in [0.4, 0.5) is 0 Å². The van der Waals surface area contributed by atoms with E-state index in [2.05, 4.69) is 27.0 Å². The molecule has 0 spiro atoms. The van der Waals surface area contributed by atoms with Crippen LogP contribution in [0.25, 0.3) is 0 Å². The Hall–Kier alpha value is -0.960. The average Bonchev–Trinajstić information content (AvgIpc) is 2.43. The van der Waals surface area contributed by atoms with Gasteiger partial charge in [0, 0.05) is 23.3 Å². The zero-order chi connectivity index (χ0) is 11.4. The van der Waals surface area contributed by atoms with Gasteiger partial charge in [-0.2, -0.15) is 0 Å². The highest BCUT2D eigenvalue weighted by Gasteiger charge is 2.09. The molecule has 0 unspecified atom stereocenters. The lowest BCUT2D eigenvalue weighted by atomic mass is 10.0. The number of hydrogen-bond acceptors (Lipinski definition) is 2. The van der Waals surface area contributed by atoms with Crippen LogP contribution in [-0.4, -0.2) is 10.8 Å². The Morgan fingerprint density at radius 2 is 2.06 bits per heavy atom. The minimum absolute atomic E-state index is 0.274. The Labute approximate surface area is 104 Å². The number of hydrogen-bond donors (Lipinski definition) is 0. The number of carbonyl (C=O) groups is 1. The van der Waals surface area contributed by atoms with E-state index in [1.54, 1.807) is 6.20 Å². The molecule has 84 valence electrons. The molecule has 16 heavy (non-hydrogen) atoms. The number of carbonyl (C=O) groups excluding carboxylic acids is 1. The van der Waals surface area contributed by atoms with E-state index in [0.717, 1.165) is 35.7 Å². The molecule has 0 fully saturated rings. The van der Waals surface area contributed by atoms with Gasteiger partial charge in [-0.15, -0.1) is 0 Å². The molecule has 2 rings (SSSR count). The number of nitrogens with zero attached hydrogens (tertiary/aromatic N) is 1. The van der Waals surface area contributed by atoms with Crippen LogP contribution in [-0.2, 0) is 11.2 Å². The monoisotopic (exact) mass is 279 g/mol. The molecule has 1 aliphatic carbocycles. The summed E-state index contributed by atoms with van der Waals surface area (Å²) >= 11 is 3.41. The van der Waals surface area contributed by atoms with Gasteiger partial charge in [0.25, 0.3) is 0 Å². The molecule has 1 aromatic heterocycles. The van der Waals surface area contributed by atoms with E-state index in [0.29, 0.717) is 6.42 Å². The predicted molar refractivity (Wildman–Crippen MR) is 67.2 cm³/mol. The summed E-state index contributed by atoms with van der Waals surface area (Å²) in [6, 6.07) is 2.06. The minimum Gasteiger partial charge on any atom is -0.295 e. The lowest BCUT2D eigenvalue weighted by molar-refractivity contribution is -0.114. The minimum atomic E-state index is 0.274. The number of halogens is 1. The predicted octanol–water partition coefficient (Wildman–Crippen LogP) is 3.46. The first-order chi connectivity index (χ1) is 7.74. The zero-order valence-electron chi connectivity index (χ0n) is 9.08. The van der Waals surface area contributed by atoms with Crippen molar-refractivity contribution in [1.29, 1.82) is 0 Å². The molecule has 3 heteroatoms. The maximum absolute atomic E-state index is 11.4. The summed E-state index contributed by atoms with van der Waals surface area (Å²) in [4.78, 5) is 15.6. The van der Waals surface area contributed by atoms with E-state index < -0.39 is 0 Å².